The van der Waals surface area contributed by atoms with Gasteiger partial charge in [-0.15, -0.1) is 0 Å². The molecule has 0 atom stereocenters. The molecule has 0 aromatic rings. The lowest BCUT2D eigenvalue weighted by Gasteiger charge is -2.34. The molecule has 0 aliphatic heterocycles. The number of hydrogen-bond donors (Lipinski definition) is 0. The first-order valence-corrected chi connectivity index (χ1v) is 23.9. The average Bonchev–Trinajstić information content (AvgIpc) is 2.82. The summed E-state index contributed by atoms with van der Waals surface area (Å²) in [6.45, 7) is 15.3. The molecule has 0 saturated heterocycles. The lowest BCUT2D eigenvalue weighted by atomic mass is 10.1. The Balaban J connectivity index is 3.71. The van der Waals surface area contributed by atoms with E-state index in [0.717, 1.165) is 19.1 Å². The van der Waals surface area contributed by atoms with Crippen molar-refractivity contribution in [1.82, 2.24) is 0 Å². The van der Waals surface area contributed by atoms with Crippen LogP contribution >= 0.6 is 0 Å². The van der Waals surface area contributed by atoms with Crippen molar-refractivity contribution in [3.05, 3.63) is 0 Å². The molecule has 0 bridgehead atoms. The molecule has 0 aliphatic rings. The van der Waals surface area contributed by atoms with Crippen LogP contribution in [0.4, 0.5) is 0 Å². The van der Waals surface area contributed by atoms with Crippen molar-refractivity contribution in [3.63, 3.8) is 0 Å². The van der Waals surface area contributed by atoms with Gasteiger partial charge in [0, 0.05) is 14.2 Å². The van der Waals surface area contributed by atoms with Gasteiger partial charge in [-0.1, -0.05) is 89.9 Å². The lowest BCUT2D eigenvalue weighted by molar-refractivity contribution is -0.291. The molecular formula is C28H64O5Si3. The van der Waals surface area contributed by atoms with Gasteiger partial charge in [-0.25, -0.2) is 9.78 Å². The summed E-state index contributed by atoms with van der Waals surface area (Å²) in [7, 11) is -1.34. The zero-order chi connectivity index (χ0) is 27.2. The van der Waals surface area contributed by atoms with Crippen molar-refractivity contribution in [2.75, 3.05) is 27.4 Å². The topological polar surface area (TPSA) is 46.2 Å². The Morgan fingerprint density at radius 3 is 1.19 bits per heavy atom. The molecule has 0 unspecified atom stereocenters. The van der Waals surface area contributed by atoms with Gasteiger partial charge in [0.25, 0.3) is 0 Å². The van der Waals surface area contributed by atoms with E-state index >= 15 is 0 Å². The first kappa shape index (κ1) is 36.5. The smallest absolute Gasteiger partial charge is 0.334 e. The minimum absolute atomic E-state index is 0.638. The average molecular weight is 565 g/mol. The highest BCUT2D eigenvalue weighted by Gasteiger charge is 2.32. The second-order valence-electron chi connectivity index (χ2n) is 11.9. The number of unbranched alkanes of at least 4 members (excludes halogenated alkanes) is 13. The van der Waals surface area contributed by atoms with Crippen LogP contribution in [0.2, 0.25) is 50.9 Å². The summed E-state index contributed by atoms with van der Waals surface area (Å²) in [5, 5.41) is 0. The first-order valence-electron chi connectivity index (χ1n) is 15.1. The zero-order valence-corrected chi connectivity index (χ0v) is 28.7. The Hall–Kier alpha value is 0.451. The van der Waals surface area contributed by atoms with Gasteiger partial charge >= 0.3 is 8.56 Å². The van der Waals surface area contributed by atoms with Gasteiger partial charge in [0.2, 0.25) is 0 Å². The third-order valence-electron chi connectivity index (χ3n) is 7.28. The van der Waals surface area contributed by atoms with Crippen LogP contribution in [0, 0.1) is 0 Å². The Morgan fingerprint density at radius 2 is 0.806 bits per heavy atom. The predicted octanol–water partition coefficient (Wildman–Crippen LogP) is 9.60. The molecule has 0 heterocycles. The van der Waals surface area contributed by atoms with Gasteiger partial charge in [0.1, 0.15) is 0 Å². The van der Waals surface area contributed by atoms with Gasteiger partial charge in [0.15, 0.2) is 16.6 Å². The third-order valence-corrected chi connectivity index (χ3v) is 17.8. The fourth-order valence-electron chi connectivity index (χ4n) is 4.93. The van der Waals surface area contributed by atoms with E-state index in [9.17, 15) is 0 Å². The van der Waals surface area contributed by atoms with Crippen LogP contribution in [0.1, 0.15) is 103 Å². The highest BCUT2D eigenvalue weighted by atomic mass is 28.4. The Kier molecular flexibility index (Phi) is 22.6. The van der Waals surface area contributed by atoms with Crippen molar-refractivity contribution in [2.24, 2.45) is 0 Å². The van der Waals surface area contributed by atoms with E-state index in [1.54, 1.807) is 14.2 Å². The van der Waals surface area contributed by atoms with Crippen molar-refractivity contribution in [1.29, 1.82) is 0 Å². The molecule has 218 valence electrons. The number of rotatable bonds is 27. The molecule has 0 aliphatic carbocycles. The Morgan fingerprint density at radius 1 is 0.444 bits per heavy atom. The molecule has 0 saturated carbocycles. The fourth-order valence-corrected chi connectivity index (χ4v) is 15.4. The highest BCUT2D eigenvalue weighted by Crippen LogP contribution is 2.26. The monoisotopic (exact) mass is 564 g/mol. The Labute approximate surface area is 229 Å². The standard InChI is InChI=1S/C28H64O5Si3/c1-9-31-32-25-21-17-13-11-10-12-14-18-22-26-34(4,5)33-35(6,7)27-23-19-15-16-20-24-28-36(8,29-2)30-3/h9-28H2,1-8H3. The molecule has 0 amide bonds. The van der Waals surface area contributed by atoms with Crippen LogP contribution in [-0.4, -0.2) is 52.6 Å². The quantitative estimate of drug-likeness (QED) is 0.0430. The molecule has 0 fully saturated rings. The Bertz CT molecular complexity index is 488. The van der Waals surface area contributed by atoms with E-state index in [1.807, 2.05) is 6.92 Å². The molecule has 0 aromatic carbocycles. The molecule has 0 radical (unpaired) electrons. The van der Waals surface area contributed by atoms with E-state index in [0.29, 0.717) is 6.61 Å². The summed E-state index contributed by atoms with van der Waals surface area (Å²) in [6, 6.07) is 3.76. The van der Waals surface area contributed by atoms with Gasteiger partial charge in [-0.05, 0) is 64.2 Å². The molecule has 0 rings (SSSR count). The van der Waals surface area contributed by atoms with Crippen LogP contribution in [0.15, 0.2) is 0 Å². The molecule has 0 aromatic heterocycles. The molecule has 0 N–H and O–H groups in total. The summed E-state index contributed by atoms with van der Waals surface area (Å²) in [6.07, 6.45) is 19.9. The predicted molar refractivity (Wildman–Crippen MR) is 163 cm³/mol. The normalized spacial score (nSPS) is 13.0. The van der Waals surface area contributed by atoms with E-state index in [4.69, 9.17) is 22.7 Å². The van der Waals surface area contributed by atoms with E-state index in [1.165, 1.54) is 102 Å². The first-order chi connectivity index (χ1) is 17.1. The lowest BCUT2D eigenvalue weighted by Crippen LogP contribution is -2.44. The van der Waals surface area contributed by atoms with E-state index < -0.39 is 25.2 Å². The van der Waals surface area contributed by atoms with Crippen molar-refractivity contribution < 1.29 is 22.7 Å². The maximum absolute atomic E-state index is 6.88. The third kappa shape index (κ3) is 22.4. The molecular weight excluding hydrogens is 501 g/mol. The zero-order valence-electron chi connectivity index (χ0n) is 25.7. The minimum atomic E-state index is -1.86. The maximum Gasteiger partial charge on any atom is 0.334 e. The van der Waals surface area contributed by atoms with Crippen molar-refractivity contribution in [3.8, 4) is 0 Å². The van der Waals surface area contributed by atoms with Gasteiger partial charge in [-0.2, -0.15) is 0 Å². The maximum atomic E-state index is 6.88. The summed E-state index contributed by atoms with van der Waals surface area (Å²) < 4.78 is 18.0. The summed E-state index contributed by atoms with van der Waals surface area (Å²) >= 11 is 0. The second kappa shape index (κ2) is 22.3. The summed E-state index contributed by atoms with van der Waals surface area (Å²) in [4.78, 5) is 9.97. The van der Waals surface area contributed by atoms with Crippen LogP contribution in [-0.2, 0) is 22.7 Å². The van der Waals surface area contributed by atoms with Crippen LogP contribution in [0.3, 0.4) is 0 Å². The van der Waals surface area contributed by atoms with Gasteiger partial charge in [-0.3, -0.25) is 0 Å². The molecule has 8 heteroatoms. The fraction of sp³-hybridized carbons (Fsp3) is 1.00. The molecule has 0 spiro atoms. The minimum Gasteiger partial charge on any atom is -0.455 e. The second-order valence-corrected chi connectivity index (χ2v) is 24.4. The highest BCUT2D eigenvalue weighted by molar-refractivity contribution is 6.84. The van der Waals surface area contributed by atoms with Gasteiger partial charge < -0.3 is 13.0 Å². The van der Waals surface area contributed by atoms with Crippen LogP contribution in [0.5, 0.6) is 0 Å². The van der Waals surface area contributed by atoms with Crippen LogP contribution in [0.25, 0.3) is 0 Å². The summed E-state index contributed by atoms with van der Waals surface area (Å²) in [5.41, 5.74) is 0. The van der Waals surface area contributed by atoms with Crippen molar-refractivity contribution >= 4 is 25.2 Å². The molecule has 36 heavy (non-hydrogen) atoms. The molecule has 5 nitrogen and oxygen atoms in total. The van der Waals surface area contributed by atoms with E-state index in [-0.39, 0.29) is 0 Å². The largest absolute Gasteiger partial charge is 0.455 e. The van der Waals surface area contributed by atoms with Crippen LogP contribution < -0.4 is 0 Å². The SMILES string of the molecule is CCOOCCCCCCCCCCC[Si](C)(C)O[Si](C)(C)CCCCCCCC[Si](C)(OC)OC. The van der Waals surface area contributed by atoms with Crippen molar-refractivity contribution in [2.45, 2.75) is 154 Å². The number of hydrogen-bond acceptors (Lipinski definition) is 5. The van der Waals surface area contributed by atoms with E-state index in [2.05, 4.69) is 32.7 Å². The summed E-state index contributed by atoms with van der Waals surface area (Å²) in [5.74, 6) is 0. The van der Waals surface area contributed by atoms with Gasteiger partial charge in [0.05, 0.1) is 13.2 Å².